The fourth-order valence-electron chi connectivity index (χ4n) is 3.12. The smallest absolute Gasteiger partial charge is 0.255 e. The Hall–Kier alpha value is -2.33. The third kappa shape index (κ3) is 4.33. The predicted molar refractivity (Wildman–Crippen MR) is 93.2 cm³/mol. The number of anilines is 1. The Morgan fingerprint density at radius 1 is 1.30 bits per heavy atom. The first kappa shape index (κ1) is 18.1. The van der Waals surface area contributed by atoms with Crippen LogP contribution in [0.4, 0.5) is 14.6 Å². The maximum Gasteiger partial charge on any atom is 0.255 e. The highest BCUT2D eigenvalue weighted by atomic mass is 19.3. The molecule has 27 heavy (non-hydrogen) atoms. The number of hydrogen-bond donors (Lipinski definition) is 3. The van der Waals surface area contributed by atoms with Crippen molar-refractivity contribution in [1.29, 1.82) is 0 Å². The first-order chi connectivity index (χ1) is 13.0. The first-order valence-corrected chi connectivity index (χ1v) is 9.07. The van der Waals surface area contributed by atoms with E-state index in [1.807, 2.05) is 0 Å². The molecule has 1 saturated heterocycles. The minimum atomic E-state index is -2.57. The molecule has 0 amide bonds. The molecule has 0 spiro atoms. The molecule has 146 valence electrons. The van der Waals surface area contributed by atoms with Gasteiger partial charge >= 0.3 is 0 Å². The van der Waals surface area contributed by atoms with Crippen LogP contribution in [0.1, 0.15) is 31.4 Å². The summed E-state index contributed by atoms with van der Waals surface area (Å²) in [7, 11) is 0. The number of nitrogens with one attached hydrogen (secondary N) is 2. The molecule has 2 aromatic rings. The zero-order valence-corrected chi connectivity index (χ0v) is 14.7. The molecular weight excluding hydrogens is 358 g/mol. The van der Waals surface area contributed by atoms with Crippen molar-refractivity contribution < 1.29 is 18.6 Å². The molecule has 4 rings (SSSR count). The van der Waals surface area contributed by atoms with Crippen molar-refractivity contribution in [2.45, 2.75) is 50.4 Å². The van der Waals surface area contributed by atoms with Gasteiger partial charge in [-0.25, -0.2) is 13.5 Å². The molecule has 0 radical (unpaired) electrons. The molecule has 2 aromatic heterocycles. The molecule has 0 bridgehead atoms. The highest BCUT2D eigenvalue weighted by Gasteiger charge is 2.35. The first-order valence-electron chi connectivity index (χ1n) is 9.07. The Kier molecular flexibility index (Phi) is 4.92. The lowest BCUT2D eigenvalue weighted by molar-refractivity contribution is -0.0361. The molecule has 10 heteroatoms. The van der Waals surface area contributed by atoms with E-state index in [1.165, 1.54) is 4.68 Å². The van der Waals surface area contributed by atoms with Gasteiger partial charge in [-0.15, -0.1) is 0 Å². The van der Waals surface area contributed by atoms with E-state index in [4.69, 9.17) is 4.74 Å². The molecule has 0 unspecified atom stereocenters. The number of halogens is 2. The zero-order chi connectivity index (χ0) is 18.9. The fraction of sp³-hybridized carbons (Fsp3) is 0.588. The highest BCUT2D eigenvalue weighted by Crippen LogP contribution is 2.34. The van der Waals surface area contributed by atoms with Gasteiger partial charge in [-0.2, -0.15) is 15.1 Å². The van der Waals surface area contributed by atoms with Crippen molar-refractivity contribution in [3.63, 3.8) is 0 Å². The second-order valence-electron chi connectivity index (χ2n) is 6.97. The van der Waals surface area contributed by atoms with Gasteiger partial charge in [-0.3, -0.25) is 0 Å². The lowest BCUT2D eigenvalue weighted by Crippen LogP contribution is -2.50. The van der Waals surface area contributed by atoms with E-state index in [2.05, 4.69) is 25.7 Å². The Bertz CT molecular complexity index is 785. The summed E-state index contributed by atoms with van der Waals surface area (Å²) in [5.41, 5.74) is 0.497. The van der Waals surface area contributed by atoms with E-state index >= 15 is 0 Å². The maximum absolute atomic E-state index is 13.4. The number of aromatic nitrogens is 4. The van der Waals surface area contributed by atoms with Crippen molar-refractivity contribution >= 4 is 5.82 Å². The monoisotopic (exact) mass is 380 g/mol. The summed E-state index contributed by atoms with van der Waals surface area (Å²) in [4.78, 5) is 8.83. The van der Waals surface area contributed by atoms with Crippen LogP contribution in [-0.2, 0) is 6.61 Å². The van der Waals surface area contributed by atoms with E-state index in [0.717, 1.165) is 13.1 Å². The second-order valence-corrected chi connectivity index (χ2v) is 6.97. The van der Waals surface area contributed by atoms with E-state index in [0.29, 0.717) is 36.2 Å². The Labute approximate surface area is 155 Å². The molecule has 1 aliphatic carbocycles. The summed E-state index contributed by atoms with van der Waals surface area (Å²) >= 11 is 0. The molecule has 1 aliphatic heterocycles. The van der Waals surface area contributed by atoms with Crippen LogP contribution in [0.3, 0.4) is 0 Å². The summed E-state index contributed by atoms with van der Waals surface area (Å²) in [6, 6.07) is 3.28. The lowest BCUT2D eigenvalue weighted by atomic mass is 9.92. The highest BCUT2D eigenvalue weighted by molar-refractivity contribution is 5.42. The third-order valence-corrected chi connectivity index (χ3v) is 4.80. The molecule has 0 atom stereocenters. The standard InChI is InChI=1S/C17H22F2N6O2/c18-17(19)4-1-11(2-5-17)21-14-7-15(27-13-8-20-9-13)23-16(22-14)25-6-3-12(10-26)24-25/h3,6-7,11,13,20,26H,1-2,4-5,8-10H2,(H,21,22,23). The molecular formula is C17H22F2N6O2. The van der Waals surface area contributed by atoms with E-state index in [-0.39, 0.29) is 31.6 Å². The largest absolute Gasteiger partial charge is 0.471 e. The van der Waals surface area contributed by atoms with Crippen LogP contribution in [0.2, 0.25) is 0 Å². The Morgan fingerprint density at radius 2 is 2.07 bits per heavy atom. The topological polar surface area (TPSA) is 97.1 Å². The molecule has 0 aromatic carbocycles. The van der Waals surface area contributed by atoms with Gasteiger partial charge in [-0.05, 0) is 18.9 Å². The number of aliphatic hydroxyl groups is 1. The minimum Gasteiger partial charge on any atom is -0.471 e. The fourth-order valence-corrected chi connectivity index (χ4v) is 3.12. The maximum atomic E-state index is 13.4. The van der Waals surface area contributed by atoms with Crippen molar-refractivity contribution in [3.05, 3.63) is 24.0 Å². The van der Waals surface area contributed by atoms with Crippen LogP contribution < -0.4 is 15.4 Å². The summed E-state index contributed by atoms with van der Waals surface area (Å²) in [6.45, 7) is 1.31. The molecule has 3 heterocycles. The summed E-state index contributed by atoms with van der Waals surface area (Å²) in [5.74, 6) is -1.37. The number of nitrogens with zero attached hydrogens (tertiary/aromatic N) is 4. The van der Waals surface area contributed by atoms with Gasteiger partial charge in [0.05, 0.1) is 12.3 Å². The molecule has 2 fully saturated rings. The molecule has 2 aliphatic rings. The molecule has 1 saturated carbocycles. The second kappa shape index (κ2) is 7.35. The third-order valence-electron chi connectivity index (χ3n) is 4.80. The van der Waals surface area contributed by atoms with Gasteiger partial charge < -0.3 is 20.5 Å². The average Bonchev–Trinajstić information content (AvgIpc) is 3.09. The number of ether oxygens (including phenoxy) is 1. The number of rotatable bonds is 6. The van der Waals surface area contributed by atoms with Gasteiger partial charge in [0.25, 0.3) is 5.95 Å². The summed E-state index contributed by atoms with van der Waals surface area (Å²) in [5, 5.41) is 19.8. The lowest BCUT2D eigenvalue weighted by Gasteiger charge is -2.30. The number of alkyl halides is 2. The van der Waals surface area contributed by atoms with Crippen LogP contribution in [-0.4, -0.2) is 56.0 Å². The minimum absolute atomic E-state index is 0.0413. The van der Waals surface area contributed by atoms with Gasteiger partial charge in [-0.1, -0.05) is 0 Å². The number of aliphatic hydroxyl groups excluding tert-OH is 1. The van der Waals surface area contributed by atoms with Crippen LogP contribution >= 0.6 is 0 Å². The van der Waals surface area contributed by atoms with Crippen molar-refractivity contribution in [1.82, 2.24) is 25.1 Å². The van der Waals surface area contributed by atoms with Crippen molar-refractivity contribution in [2.24, 2.45) is 0 Å². The van der Waals surface area contributed by atoms with Gasteiger partial charge in [0, 0.05) is 44.2 Å². The summed E-state index contributed by atoms with van der Waals surface area (Å²) in [6.07, 6.45) is 2.20. The zero-order valence-electron chi connectivity index (χ0n) is 14.7. The van der Waals surface area contributed by atoms with E-state index in [1.54, 1.807) is 18.3 Å². The van der Waals surface area contributed by atoms with Crippen LogP contribution in [0.5, 0.6) is 5.88 Å². The van der Waals surface area contributed by atoms with Crippen molar-refractivity contribution in [3.8, 4) is 11.8 Å². The molecule has 8 nitrogen and oxygen atoms in total. The average molecular weight is 380 g/mol. The van der Waals surface area contributed by atoms with E-state index < -0.39 is 5.92 Å². The SMILES string of the molecule is OCc1ccn(-c2nc(NC3CCC(F)(F)CC3)cc(OC3CNC3)n2)n1. The summed E-state index contributed by atoms with van der Waals surface area (Å²) < 4.78 is 34.1. The Morgan fingerprint density at radius 3 is 2.70 bits per heavy atom. The number of hydrogen-bond acceptors (Lipinski definition) is 7. The van der Waals surface area contributed by atoms with Crippen LogP contribution in [0.25, 0.3) is 5.95 Å². The molecule has 3 N–H and O–H groups in total. The quantitative estimate of drug-likeness (QED) is 0.699. The van der Waals surface area contributed by atoms with Crippen LogP contribution in [0, 0.1) is 0 Å². The van der Waals surface area contributed by atoms with Gasteiger partial charge in [0.15, 0.2) is 0 Å². The van der Waals surface area contributed by atoms with Gasteiger partial charge in [0.2, 0.25) is 11.8 Å². The van der Waals surface area contributed by atoms with Crippen LogP contribution in [0.15, 0.2) is 18.3 Å². The normalized spacial score (nSPS) is 20.3. The van der Waals surface area contributed by atoms with Gasteiger partial charge in [0.1, 0.15) is 11.9 Å². The van der Waals surface area contributed by atoms with Crippen molar-refractivity contribution in [2.75, 3.05) is 18.4 Å². The van der Waals surface area contributed by atoms with E-state index in [9.17, 15) is 13.9 Å². The predicted octanol–water partition coefficient (Wildman–Crippen LogP) is 1.49. The Balaban J connectivity index is 1.55.